The first kappa shape index (κ1) is 18.5. The average molecular weight is 329 g/mol. The Morgan fingerprint density at radius 3 is 2.46 bits per heavy atom. The van der Waals surface area contributed by atoms with E-state index in [1.165, 1.54) is 0 Å². The molecule has 0 unspecified atom stereocenters. The van der Waals surface area contributed by atoms with Crippen molar-refractivity contribution in [3.8, 4) is 0 Å². The van der Waals surface area contributed by atoms with E-state index in [0.29, 0.717) is 11.7 Å². The van der Waals surface area contributed by atoms with Crippen LogP contribution in [0.2, 0.25) is 0 Å². The number of rotatable bonds is 7. The number of para-hydroxylation sites is 1. The van der Waals surface area contributed by atoms with E-state index in [9.17, 15) is 4.79 Å². The van der Waals surface area contributed by atoms with Crippen molar-refractivity contribution < 1.29 is 4.79 Å². The molecule has 132 valence electrons. The number of aromatic amines is 1. The van der Waals surface area contributed by atoms with E-state index in [4.69, 9.17) is 0 Å². The van der Waals surface area contributed by atoms with Crippen molar-refractivity contribution in [1.29, 1.82) is 0 Å². The highest BCUT2D eigenvalue weighted by Gasteiger charge is 2.30. The fourth-order valence-electron chi connectivity index (χ4n) is 3.35. The molecule has 0 saturated carbocycles. The Hall–Kier alpha value is -1.81. The first-order chi connectivity index (χ1) is 11.1. The van der Waals surface area contributed by atoms with Gasteiger partial charge in [0.05, 0.1) is 0 Å². The molecule has 2 rings (SSSR count). The summed E-state index contributed by atoms with van der Waals surface area (Å²) < 4.78 is 0. The third kappa shape index (κ3) is 5.10. The molecule has 1 aromatic heterocycles. The lowest BCUT2D eigenvalue weighted by atomic mass is 9.79. The Morgan fingerprint density at radius 1 is 1.17 bits per heavy atom. The number of carbonyl (C=O) groups is 1. The predicted molar refractivity (Wildman–Crippen MR) is 101 cm³/mol. The number of H-pyrrole nitrogens is 1. The molecular weight excluding hydrogens is 298 g/mol. The van der Waals surface area contributed by atoms with E-state index in [0.717, 1.165) is 23.9 Å². The van der Waals surface area contributed by atoms with E-state index in [2.05, 4.69) is 57.2 Å². The molecular formula is C20H31N3O. The Kier molecular flexibility index (Phi) is 5.38. The summed E-state index contributed by atoms with van der Waals surface area (Å²) in [5.41, 5.74) is 1.42. The minimum Gasteiger partial charge on any atom is -0.351 e. The van der Waals surface area contributed by atoms with Crippen LogP contribution in [-0.2, 0) is 0 Å². The van der Waals surface area contributed by atoms with Gasteiger partial charge in [0.1, 0.15) is 5.69 Å². The molecule has 1 amide bonds. The summed E-state index contributed by atoms with van der Waals surface area (Å²) in [4.78, 5) is 15.8. The smallest absolute Gasteiger partial charge is 0.268 e. The van der Waals surface area contributed by atoms with Gasteiger partial charge >= 0.3 is 0 Å². The van der Waals surface area contributed by atoms with E-state index < -0.39 is 0 Å². The van der Waals surface area contributed by atoms with Gasteiger partial charge in [0.25, 0.3) is 5.91 Å². The van der Waals surface area contributed by atoms with Gasteiger partial charge in [-0.25, -0.2) is 0 Å². The maximum atomic E-state index is 12.6. The number of hydrogen-bond acceptors (Lipinski definition) is 2. The first-order valence-corrected chi connectivity index (χ1v) is 8.72. The minimum absolute atomic E-state index is 0.0520. The zero-order valence-electron chi connectivity index (χ0n) is 15.8. The molecule has 0 aliphatic rings. The second-order valence-corrected chi connectivity index (χ2v) is 8.48. The van der Waals surface area contributed by atoms with Crippen LogP contribution in [0.25, 0.3) is 10.9 Å². The van der Waals surface area contributed by atoms with Crippen molar-refractivity contribution in [2.24, 2.45) is 5.41 Å². The van der Waals surface area contributed by atoms with Crippen LogP contribution < -0.4 is 10.6 Å². The van der Waals surface area contributed by atoms with Gasteiger partial charge in [-0.05, 0) is 37.8 Å². The molecule has 0 fully saturated rings. The molecule has 0 bridgehead atoms. The summed E-state index contributed by atoms with van der Waals surface area (Å²) in [5.74, 6) is -0.0520. The highest BCUT2D eigenvalue weighted by molar-refractivity contribution is 5.98. The predicted octanol–water partition coefficient (Wildman–Crippen LogP) is 4.09. The molecule has 0 aliphatic heterocycles. The van der Waals surface area contributed by atoms with Crippen molar-refractivity contribution in [2.45, 2.75) is 59.5 Å². The van der Waals surface area contributed by atoms with Crippen LogP contribution in [0, 0.1) is 5.41 Å². The van der Waals surface area contributed by atoms with E-state index in [-0.39, 0.29) is 16.9 Å². The molecule has 0 spiro atoms. The fourth-order valence-corrected chi connectivity index (χ4v) is 3.35. The monoisotopic (exact) mass is 329 g/mol. The number of carbonyl (C=O) groups excluding carboxylic acids is 1. The summed E-state index contributed by atoms with van der Waals surface area (Å²) in [7, 11) is 0. The largest absolute Gasteiger partial charge is 0.351 e. The molecule has 4 nitrogen and oxygen atoms in total. The fraction of sp³-hybridized carbons (Fsp3) is 0.550. The molecule has 0 radical (unpaired) electrons. The molecule has 0 aliphatic carbocycles. The third-order valence-electron chi connectivity index (χ3n) is 4.14. The van der Waals surface area contributed by atoms with Gasteiger partial charge < -0.3 is 15.6 Å². The number of aromatic nitrogens is 1. The van der Waals surface area contributed by atoms with Gasteiger partial charge in [-0.2, -0.15) is 0 Å². The van der Waals surface area contributed by atoms with Crippen molar-refractivity contribution in [1.82, 2.24) is 15.6 Å². The van der Waals surface area contributed by atoms with Gasteiger partial charge in [0, 0.05) is 29.0 Å². The number of amides is 1. The van der Waals surface area contributed by atoms with E-state index in [1.807, 2.05) is 30.3 Å². The molecule has 24 heavy (non-hydrogen) atoms. The normalized spacial score (nSPS) is 12.8. The van der Waals surface area contributed by atoms with Crippen molar-refractivity contribution in [3.63, 3.8) is 0 Å². The summed E-state index contributed by atoms with van der Waals surface area (Å²) in [6.45, 7) is 13.9. The molecule has 3 N–H and O–H groups in total. The molecule has 2 aromatic rings. The Morgan fingerprint density at radius 2 is 1.83 bits per heavy atom. The van der Waals surface area contributed by atoms with Crippen molar-refractivity contribution in [3.05, 3.63) is 36.0 Å². The quantitative estimate of drug-likeness (QED) is 0.716. The topological polar surface area (TPSA) is 56.9 Å². The van der Waals surface area contributed by atoms with Gasteiger partial charge in [-0.3, -0.25) is 4.79 Å². The average Bonchev–Trinajstić information content (AvgIpc) is 2.87. The second kappa shape index (κ2) is 6.98. The van der Waals surface area contributed by atoms with Crippen LogP contribution >= 0.6 is 0 Å². The second-order valence-electron chi connectivity index (χ2n) is 8.48. The van der Waals surface area contributed by atoms with Crippen LogP contribution in [0.15, 0.2) is 30.3 Å². The molecule has 1 aromatic carbocycles. The first-order valence-electron chi connectivity index (χ1n) is 8.72. The lowest BCUT2D eigenvalue weighted by Crippen LogP contribution is -2.48. The number of benzene rings is 1. The third-order valence-corrected chi connectivity index (χ3v) is 4.14. The summed E-state index contributed by atoms with van der Waals surface area (Å²) in [5, 5.41) is 7.73. The summed E-state index contributed by atoms with van der Waals surface area (Å²) in [6.07, 6.45) is 0.895. The van der Waals surface area contributed by atoms with E-state index >= 15 is 0 Å². The number of fused-ring (bicyclic) bond motifs is 1. The zero-order chi connectivity index (χ0) is 18.0. The van der Waals surface area contributed by atoms with Crippen LogP contribution in [0.4, 0.5) is 0 Å². The summed E-state index contributed by atoms with van der Waals surface area (Å²) >= 11 is 0. The highest BCUT2D eigenvalue weighted by Crippen LogP contribution is 2.27. The standard InChI is InChI=1S/C20H31N3O/c1-14(2)21-13-19(3,4)12-20(5,6)23-18(24)17-11-15-9-7-8-10-16(15)22-17/h7-11,14,21-22H,12-13H2,1-6H3,(H,23,24). The molecule has 1 heterocycles. The Balaban J connectivity index is 2.03. The van der Waals surface area contributed by atoms with Gasteiger partial charge in [-0.15, -0.1) is 0 Å². The molecule has 0 atom stereocenters. The van der Waals surface area contributed by atoms with Crippen LogP contribution in [0.1, 0.15) is 58.5 Å². The lowest BCUT2D eigenvalue weighted by Gasteiger charge is -2.36. The van der Waals surface area contributed by atoms with Crippen molar-refractivity contribution in [2.75, 3.05) is 6.54 Å². The molecule has 4 heteroatoms. The number of hydrogen-bond donors (Lipinski definition) is 3. The van der Waals surface area contributed by atoms with Gasteiger partial charge in [-0.1, -0.05) is 45.9 Å². The Bertz CT molecular complexity index is 665. The Labute approximate surface area is 145 Å². The van der Waals surface area contributed by atoms with Crippen LogP contribution in [0.5, 0.6) is 0 Å². The van der Waals surface area contributed by atoms with Crippen LogP contribution in [-0.4, -0.2) is 29.0 Å². The highest BCUT2D eigenvalue weighted by atomic mass is 16.2. The lowest BCUT2D eigenvalue weighted by molar-refractivity contribution is 0.0881. The summed E-state index contributed by atoms with van der Waals surface area (Å²) in [6, 6.07) is 10.3. The molecule has 0 saturated heterocycles. The SMILES string of the molecule is CC(C)NCC(C)(C)CC(C)(C)NC(=O)c1cc2ccccc2[nH]1. The zero-order valence-corrected chi connectivity index (χ0v) is 15.8. The maximum Gasteiger partial charge on any atom is 0.268 e. The van der Waals surface area contributed by atoms with Crippen LogP contribution in [0.3, 0.4) is 0 Å². The minimum atomic E-state index is -0.281. The van der Waals surface area contributed by atoms with Gasteiger partial charge in [0.2, 0.25) is 0 Å². The maximum absolute atomic E-state index is 12.6. The number of nitrogens with one attached hydrogen (secondary N) is 3. The van der Waals surface area contributed by atoms with Crippen molar-refractivity contribution >= 4 is 16.8 Å². The van der Waals surface area contributed by atoms with Gasteiger partial charge in [0.15, 0.2) is 0 Å². The van der Waals surface area contributed by atoms with E-state index in [1.54, 1.807) is 0 Å².